The maximum atomic E-state index is 12.6. The molecule has 0 aliphatic heterocycles. The molecule has 106 valence electrons. The standard InChI is InChI=1S/C13H17F3N2O/c1-9(7-12(17)19)18-11(8-13(14,15)16)10-5-3-2-4-6-10/h2-6,9,11,18H,7-8H2,1H3,(H2,17,19). The van der Waals surface area contributed by atoms with Crippen LogP contribution >= 0.6 is 0 Å². The summed E-state index contributed by atoms with van der Waals surface area (Å²) >= 11 is 0. The Balaban J connectivity index is 2.78. The fourth-order valence-electron chi connectivity index (χ4n) is 1.89. The third-order valence-electron chi connectivity index (χ3n) is 2.63. The summed E-state index contributed by atoms with van der Waals surface area (Å²) in [4.78, 5) is 10.8. The largest absolute Gasteiger partial charge is 0.390 e. The van der Waals surface area contributed by atoms with Gasteiger partial charge >= 0.3 is 6.18 Å². The molecule has 1 rings (SSSR count). The number of amides is 1. The van der Waals surface area contributed by atoms with Crippen LogP contribution in [0.15, 0.2) is 30.3 Å². The fourth-order valence-corrected chi connectivity index (χ4v) is 1.89. The van der Waals surface area contributed by atoms with E-state index in [-0.39, 0.29) is 6.42 Å². The average Bonchev–Trinajstić information content (AvgIpc) is 2.26. The molecule has 1 aromatic carbocycles. The maximum Gasteiger partial charge on any atom is 0.390 e. The lowest BCUT2D eigenvalue weighted by Gasteiger charge is -2.24. The Morgan fingerprint density at radius 2 is 1.89 bits per heavy atom. The lowest BCUT2D eigenvalue weighted by Crippen LogP contribution is -2.36. The van der Waals surface area contributed by atoms with Crippen molar-refractivity contribution in [1.82, 2.24) is 5.32 Å². The zero-order chi connectivity index (χ0) is 14.5. The van der Waals surface area contributed by atoms with Gasteiger partial charge in [0.2, 0.25) is 5.91 Å². The maximum absolute atomic E-state index is 12.6. The van der Waals surface area contributed by atoms with Gasteiger partial charge in [-0.25, -0.2) is 0 Å². The van der Waals surface area contributed by atoms with Crippen LogP contribution in [0.25, 0.3) is 0 Å². The number of benzene rings is 1. The van der Waals surface area contributed by atoms with E-state index in [9.17, 15) is 18.0 Å². The molecular weight excluding hydrogens is 257 g/mol. The molecule has 2 atom stereocenters. The molecule has 0 aliphatic rings. The Kier molecular flexibility index (Phi) is 5.35. The quantitative estimate of drug-likeness (QED) is 0.837. The van der Waals surface area contributed by atoms with Crippen LogP contribution in [0.1, 0.15) is 31.4 Å². The summed E-state index contributed by atoms with van der Waals surface area (Å²) in [6.45, 7) is 1.64. The number of nitrogens with two attached hydrogens (primary N) is 1. The third kappa shape index (κ3) is 6.24. The molecule has 3 nitrogen and oxygen atoms in total. The monoisotopic (exact) mass is 274 g/mol. The number of primary amides is 1. The van der Waals surface area contributed by atoms with Crippen molar-refractivity contribution in [3.8, 4) is 0 Å². The molecule has 6 heteroatoms. The zero-order valence-electron chi connectivity index (χ0n) is 10.6. The predicted molar refractivity (Wildman–Crippen MR) is 66.3 cm³/mol. The van der Waals surface area contributed by atoms with Crippen LogP contribution in [-0.4, -0.2) is 18.1 Å². The Bertz CT molecular complexity index is 406. The van der Waals surface area contributed by atoms with Crippen molar-refractivity contribution in [3.05, 3.63) is 35.9 Å². The molecule has 0 aliphatic carbocycles. The minimum atomic E-state index is -4.28. The Labute approximate surface area is 110 Å². The summed E-state index contributed by atoms with van der Waals surface area (Å²) in [6.07, 6.45) is -5.26. The highest BCUT2D eigenvalue weighted by atomic mass is 19.4. The summed E-state index contributed by atoms with van der Waals surface area (Å²) in [5, 5.41) is 2.80. The van der Waals surface area contributed by atoms with Crippen molar-refractivity contribution in [2.75, 3.05) is 0 Å². The number of carbonyl (C=O) groups is 1. The third-order valence-corrected chi connectivity index (χ3v) is 2.63. The second-order valence-electron chi connectivity index (χ2n) is 4.52. The van der Waals surface area contributed by atoms with Crippen molar-refractivity contribution in [2.45, 2.75) is 38.0 Å². The Morgan fingerprint density at radius 3 is 2.37 bits per heavy atom. The number of alkyl halides is 3. The van der Waals surface area contributed by atoms with E-state index in [1.807, 2.05) is 0 Å². The van der Waals surface area contributed by atoms with Crippen molar-refractivity contribution >= 4 is 5.91 Å². The molecule has 0 heterocycles. The van der Waals surface area contributed by atoms with Gasteiger partial charge < -0.3 is 11.1 Å². The number of carbonyl (C=O) groups excluding carboxylic acids is 1. The normalized spacial score (nSPS) is 14.9. The number of halogens is 3. The van der Waals surface area contributed by atoms with Gasteiger partial charge in [0, 0.05) is 18.5 Å². The SMILES string of the molecule is CC(CC(N)=O)NC(CC(F)(F)F)c1ccccc1. The number of nitrogens with one attached hydrogen (secondary N) is 1. The van der Waals surface area contributed by atoms with E-state index in [2.05, 4.69) is 5.32 Å². The second-order valence-corrected chi connectivity index (χ2v) is 4.52. The molecule has 1 aromatic rings. The number of rotatable bonds is 6. The summed E-state index contributed by atoms with van der Waals surface area (Å²) in [7, 11) is 0. The predicted octanol–water partition coefficient (Wildman–Crippen LogP) is 2.53. The lowest BCUT2D eigenvalue weighted by atomic mass is 10.0. The molecule has 0 bridgehead atoms. The van der Waals surface area contributed by atoms with E-state index in [1.165, 1.54) is 0 Å². The molecular formula is C13H17F3N2O. The van der Waals surface area contributed by atoms with Gasteiger partial charge in [0.15, 0.2) is 0 Å². The molecule has 0 aromatic heterocycles. The minimum Gasteiger partial charge on any atom is -0.370 e. The van der Waals surface area contributed by atoms with Crippen molar-refractivity contribution in [1.29, 1.82) is 0 Å². The number of hydrogen-bond acceptors (Lipinski definition) is 2. The van der Waals surface area contributed by atoms with Crippen LogP contribution in [-0.2, 0) is 4.79 Å². The van der Waals surface area contributed by atoms with Gasteiger partial charge in [0.1, 0.15) is 0 Å². The first-order valence-electron chi connectivity index (χ1n) is 5.94. The van der Waals surface area contributed by atoms with Crippen LogP contribution in [0.2, 0.25) is 0 Å². The first-order chi connectivity index (χ1) is 8.78. The topological polar surface area (TPSA) is 55.1 Å². The van der Waals surface area contributed by atoms with Gasteiger partial charge in [-0.1, -0.05) is 30.3 Å². The van der Waals surface area contributed by atoms with Gasteiger partial charge in [-0.2, -0.15) is 13.2 Å². The highest BCUT2D eigenvalue weighted by Gasteiger charge is 2.33. The second kappa shape index (κ2) is 6.56. The van der Waals surface area contributed by atoms with Gasteiger partial charge in [-0.15, -0.1) is 0 Å². The van der Waals surface area contributed by atoms with Crippen molar-refractivity contribution in [2.24, 2.45) is 5.73 Å². The smallest absolute Gasteiger partial charge is 0.370 e. The van der Waals surface area contributed by atoms with Crippen molar-refractivity contribution in [3.63, 3.8) is 0 Å². The molecule has 0 spiro atoms. The zero-order valence-corrected chi connectivity index (χ0v) is 10.6. The summed E-state index contributed by atoms with van der Waals surface area (Å²) < 4.78 is 37.7. The molecule has 0 saturated heterocycles. The minimum absolute atomic E-state index is 0.00118. The molecule has 2 unspecified atom stereocenters. The van der Waals surface area contributed by atoms with Crippen molar-refractivity contribution < 1.29 is 18.0 Å². The first-order valence-corrected chi connectivity index (χ1v) is 5.94. The van der Waals surface area contributed by atoms with E-state index in [1.54, 1.807) is 37.3 Å². The van der Waals surface area contributed by atoms with E-state index in [0.29, 0.717) is 5.56 Å². The highest BCUT2D eigenvalue weighted by Crippen LogP contribution is 2.29. The summed E-state index contributed by atoms with van der Waals surface area (Å²) in [5.41, 5.74) is 5.57. The van der Waals surface area contributed by atoms with E-state index in [4.69, 9.17) is 5.73 Å². The van der Waals surface area contributed by atoms with Crippen LogP contribution < -0.4 is 11.1 Å². The lowest BCUT2D eigenvalue weighted by molar-refractivity contribution is -0.140. The first kappa shape index (κ1) is 15.5. The van der Waals surface area contributed by atoms with Gasteiger partial charge in [-0.3, -0.25) is 4.79 Å². The Morgan fingerprint density at radius 1 is 1.32 bits per heavy atom. The molecule has 1 amide bonds. The van der Waals surface area contributed by atoms with Gasteiger partial charge in [-0.05, 0) is 12.5 Å². The van der Waals surface area contributed by atoms with Crippen LogP contribution in [0.5, 0.6) is 0 Å². The molecule has 0 saturated carbocycles. The van der Waals surface area contributed by atoms with Gasteiger partial charge in [0.05, 0.1) is 6.42 Å². The van der Waals surface area contributed by atoms with E-state index < -0.39 is 30.6 Å². The van der Waals surface area contributed by atoms with Crippen LogP contribution in [0.3, 0.4) is 0 Å². The van der Waals surface area contributed by atoms with Gasteiger partial charge in [0.25, 0.3) is 0 Å². The number of hydrogen-bond donors (Lipinski definition) is 2. The summed E-state index contributed by atoms with van der Waals surface area (Å²) in [5.74, 6) is -0.543. The van der Waals surface area contributed by atoms with E-state index in [0.717, 1.165) is 0 Å². The highest BCUT2D eigenvalue weighted by molar-refractivity contribution is 5.74. The van der Waals surface area contributed by atoms with E-state index >= 15 is 0 Å². The average molecular weight is 274 g/mol. The molecule has 19 heavy (non-hydrogen) atoms. The Hall–Kier alpha value is -1.56. The van der Waals surface area contributed by atoms with Crippen LogP contribution in [0.4, 0.5) is 13.2 Å². The fraction of sp³-hybridized carbons (Fsp3) is 0.462. The molecule has 3 N–H and O–H groups in total. The molecule has 0 fully saturated rings. The molecule has 0 radical (unpaired) electrons. The van der Waals surface area contributed by atoms with Crippen LogP contribution in [0, 0.1) is 0 Å². The summed E-state index contributed by atoms with van der Waals surface area (Å²) in [6, 6.07) is 7.06.